The highest BCUT2D eigenvalue weighted by Gasteiger charge is 2.12. The Morgan fingerprint density at radius 2 is 2.30 bits per heavy atom. The molecule has 3 aromatic rings. The van der Waals surface area contributed by atoms with Crippen LogP contribution < -0.4 is 11.3 Å². The Labute approximate surface area is 153 Å². The van der Waals surface area contributed by atoms with Gasteiger partial charge in [-0.1, -0.05) is 0 Å². The molecule has 1 amide bonds. The molecule has 0 saturated heterocycles. The number of ether oxygens (including phenoxy) is 1. The van der Waals surface area contributed by atoms with Gasteiger partial charge in [0.15, 0.2) is 11.5 Å². The Kier molecular flexibility index (Phi) is 5.41. The number of carbonyl (C=O) groups is 1. The molecule has 3 aromatic heterocycles. The molecule has 0 radical (unpaired) electrons. The van der Waals surface area contributed by atoms with Crippen LogP contribution >= 0.6 is 0 Å². The van der Waals surface area contributed by atoms with Gasteiger partial charge in [-0.25, -0.2) is 14.4 Å². The molecule has 0 aliphatic carbocycles. The summed E-state index contributed by atoms with van der Waals surface area (Å²) in [6.07, 6.45) is 7.36. The Bertz CT molecular complexity index is 1070. The minimum atomic E-state index is -0.881. The van der Waals surface area contributed by atoms with Crippen LogP contribution in [0.3, 0.4) is 0 Å². The van der Waals surface area contributed by atoms with E-state index in [1.807, 2.05) is 6.92 Å². The van der Waals surface area contributed by atoms with Gasteiger partial charge in [-0.15, -0.1) is 0 Å². The van der Waals surface area contributed by atoms with Crippen LogP contribution in [0, 0.1) is 5.82 Å². The Hall–Kier alpha value is -3.33. The van der Waals surface area contributed by atoms with Crippen LogP contribution in [0.15, 0.2) is 35.5 Å². The van der Waals surface area contributed by atoms with Crippen molar-refractivity contribution in [1.82, 2.24) is 19.5 Å². The molecule has 0 fully saturated rings. The number of aromatic nitrogens is 4. The standard InChI is InChI=1S/C18H18FN5O3/c1-2-27-6-5-24-10-12(7-13(19)18(24)26)14-9-22-17-16(23-14)11(8-21-17)3-4-15(20)25/h3-4,7-10H,2,5-6H2,1H3,(H2,20,25)(H,21,22). The second-order valence-electron chi connectivity index (χ2n) is 5.70. The highest BCUT2D eigenvalue weighted by Crippen LogP contribution is 2.21. The molecule has 0 unspecified atom stereocenters. The molecule has 0 aliphatic rings. The number of carbonyl (C=O) groups excluding carboxylic acids is 1. The van der Waals surface area contributed by atoms with Crippen LogP contribution in [0.25, 0.3) is 28.5 Å². The van der Waals surface area contributed by atoms with Crippen molar-refractivity contribution in [3.63, 3.8) is 0 Å². The average molecular weight is 371 g/mol. The zero-order chi connectivity index (χ0) is 19.4. The summed E-state index contributed by atoms with van der Waals surface area (Å²) in [6.45, 7) is 2.87. The second-order valence-corrected chi connectivity index (χ2v) is 5.70. The zero-order valence-corrected chi connectivity index (χ0v) is 14.6. The third kappa shape index (κ3) is 4.09. The first-order valence-corrected chi connectivity index (χ1v) is 8.29. The van der Waals surface area contributed by atoms with E-state index in [1.54, 1.807) is 6.20 Å². The first-order chi connectivity index (χ1) is 13.0. The number of nitrogens with two attached hydrogens (primary N) is 1. The number of H-pyrrole nitrogens is 1. The number of pyridine rings is 1. The summed E-state index contributed by atoms with van der Waals surface area (Å²) in [5.74, 6) is -1.47. The smallest absolute Gasteiger partial charge is 0.286 e. The number of rotatable bonds is 7. The van der Waals surface area contributed by atoms with Gasteiger partial charge >= 0.3 is 0 Å². The first kappa shape index (κ1) is 18.5. The predicted octanol–water partition coefficient (Wildman–Crippen LogP) is 1.46. The van der Waals surface area contributed by atoms with Crippen molar-refractivity contribution in [2.45, 2.75) is 13.5 Å². The van der Waals surface area contributed by atoms with E-state index in [2.05, 4.69) is 15.0 Å². The van der Waals surface area contributed by atoms with Crippen LogP contribution in [0.5, 0.6) is 0 Å². The summed E-state index contributed by atoms with van der Waals surface area (Å²) in [6, 6.07) is 1.13. The number of aromatic amines is 1. The lowest BCUT2D eigenvalue weighted by Gasteiger charge is -2.09. The molecule has 0 spiro atoms. The Balaban J connectivity index is 2.02. The van der Waals surface area contributed by atoms with E-state index < -0.39 is 17.3 Å². The maximum Gasteiger partial charge on any atom is 0.286 e. The van der Waals surface area contributed by atoms with E-state index in [4.69, 9.17) is 10.5 Å². The number of hydrogen-bond donors (Lipinski definition) is 2. The molecule has 0 bridgehead atoms. The Morgan fingerprint density at radius 3 is 3.04 bits per heavy atom. The van der Waals surface area contributed by atoms with Crippen LogP contribution in [0.4, 0.5) is 4.39 Å². The maximum atomic E-state index is 14.1. The number of halogens is 1. The van der Waals surface area contributed by atoms with Crippen LogP contribution in [-0.4, -0.2) is 38.6 Å². The Morgan fingerprint density at radius 1 is 1.48 bits per heavy atom. The monoisotopic (exact) mass is 371 g/mol. The highest BCUT2D eigenvalue weighted by molar-refractivity contribution is 5.93. The molecular weight excluding hydrogens is 353 g/mol. The van der Waals surface area contributed by atoms with E-state index in [9.17, 15) is 14.0 Å². The van der Waals surface area contributed by atoms with E-state index in [1.165, 1.54) is 29.1 Å². The maximum absolute atomic E-state index is 14.1. The lowest BCUT2D eigenvalue weighted by Crippen LogP contribution is -2.24. The quantitative estimate of drug-likeness (QED) is 0.482. The van der Waals surface area contributed by atoms with Crippen molar-refractivity contribution in [2.75, 3.05) is 13.2 Å². The fourth-order valence-electron chi connectivity index (χ4n) is 2.56. The van der Waals surface area contributed by atoms with Gasteiger partial charge in [0.1, 0.15) is 5.52 Å². The minimum Gasteiger partial charge on any atom is -0.380 e. The molecule has 140 valence electrons. The van der Waals surface area contributed by atoms with Gasteiger partial charge in [0.05, 0.1) is 18.5 Å². The number of nitrogens with one attached hydrogen (secondary N) is 1. The predicted molar refractivity (Wildman–Crippen MR) is 98.3 cm³/mol. The fraction of sp³-hybridized carbons (Fsp3) is 0.222. The number of amides is 1. The summed E-state index contributed by atoms with van der Waals surface area (Å²) in [4.78, 5) is 34.6. The van der Waals surface area contributed by atoms with E-state index in [0.29, 0.717) is 41.2 Å². The van der Waals surface area contributed by atoms with Crippen LogP contribution in [0.2, 0.25) is 0 Å². The zero-order valence-electron chi connectivity index (χ0n) is 14.6. The minimum absolute atomic E-state index is 0.226. The summed E-state index contributed by atoms with van der Waals surface area (Å²) in [7, 11) is 0. The molecule has 8 nitrogen and oxygen atoms in total. The van der Waals surface area contributed by atoms with Gasteiger partial charge in [0, 0.05) is 42.7 Å². The molecule has 3 N–H and O–H groups in total. The van der Waals surface area contributed by atoms with Gasteiger partial charge in [-0.2, -0.15) is 0 Å². The molecule has 0 atom stereocenters. The van der Waals surface area contributed by atoms with Crippen molar-refractivity contribution in [2.24, 2.45) is 5.73 Å². The van der Waals surface area contributed by atoms with Crippen molar-refractivity contribution < 1.29 is 13.9 Å². The third-order valence-electron chi connectivity index (χ3n) is 3.86. The van der Waals surface area contributed by atoms with E-state index in [-0.39, 0.29) is 6.54 Å². The van der Waals surface area contributed by atoms with Crippen LogP contribution in [-0.2, 0) is 16.1 Å². The lowest BCUT2D eigenvalue weighted by molar-refractivity contribution is -0.113. The van der Waals surface area contributed by atoms with Gasteiger partial charge in [-0.05, 0) is 19.1 Å². The average Bonchev–Trinajstić information content (AvgIpc) is 3.05. The van der Waals surface area contributed by atoms with Gasteiger partial charge in [0.25, 0.3) is 5.56 Å². The van der Waals surface area contributed by atoms with Gasteiger partial charge in [0.2, 0.25) is 5.91 Å². The number of primary amides is 1. The summed E-state index contributed by atoms with van der Waals surface area (Å²) in [5, 5.41) is 0. The second kappa shape index (κ2) is 7.92. The van der Waals surface area contributed by atoms with Gasteiger partial charge < -0.3 is 20.0 Å². The van der Waals surface area contributed by atoms with E-state index in [0.717, 1.165) is 6.07 Å². The van der Waals surface area contributed by atoms with Crippen molar-refractivity contribution in [3.8, 4) is 11.3 Å². The summed E-state index contributed by atoms with van der Waals surface area (Å²) >= 11 is 0. The molecular formula is C18H18FN5O3. The SMILES string of the molecule is CCOCCn1cc(-c2cnc3[nH]cc(C=CC(N)=O)c3n2)cc(F)c1=O. The number of fused-ring (bicyclic) bond motifs is 1. The van der Waals surface area contributed by atoms with Gasteiger partial charge in [-0.3, -0.25) is 9.59 Å². The molecule has 0 aromatic carbocycles. The summed E-state index contributed by atoms with van der Waals surface area (Å²) in [5.41, 5.74) is 6.81. The topological polar surface area (TPSA) is 116 Å². The highest BCUT2D eigenvalue weighted by atomic mass is 19.1. The van der Waals surface area contributed by atoms with Crippen molar-refractivity contribution in [1.29, 1.82) is 0 Å². The third-order valence-corrected chi connectivity index (χ3v) is 3.86. The number of nitrogens with zero attached hydrogens (tertiary/aromatic N) is 3. The van der Waals surface area contributed by atoms with E-state index >= 15 is 0 Å². The van der Waals surface area contributed by atoms with Crippen LogP contribution in [0.1, 0.15) is 12.5 Å². The number of hydrogen-bond acceptors (Lipinski definition) is 5. The normalized spacial score (nSPS) is 11.5. The lowest BCUT2D eigenvalue weighted by atomic mass is 10.2. The first-order valence-electron chi connectivity index (χ1n) is 8.29. The van der Waals surface area contributed by atoms with Crippen molar-refractivity contribution >= 4 is 23.1 Å². The molecule has 0 saturated carbocycles. The molecule has 27 heavy (non-hydrogen) atoms. The molecule has 3 heterocycles. The summed E-state index contributed by atoms with van der Waals surface area (Å²) < 4.78 is 20.6. The largest absolute Gasteiger partial charge is 0.380 e. The molecule has 9 heteroatoms. The molecule has 0 aliphatic heterocycles. The molecule has 3 rings (SSSR count). The van der Waals surface area contributed by atoms with Crippen molar-refractivity contribution in [3.05, 3.63) is 52.5 Å². The fourth-order valence-corrected chi connectivity index (χ4v) is 2.56.